The first kappa shape index (κ1) is 13.8. The summed E-state index contributed by atoms with van der Waals surface area (Å²) in [4.78, 5) is 2.24. The van der Waals surface area contributed by atoms with Gasteiger partial charge in [0, 0.05) is 33.5 Å². The molecule has 0 spiro atoms. The minimum absolute atomic E-state index is 0.824. The monoisotopic (exact) mass is 233 g/mol. The molecule has 17 heavy (non-hydrogen) atoms. The molecule has 1 aromatic rings. The predicted molar refractivity (Wildman–Crippen MR) is 73.8 cm³/mol. The van der Waals surface area contributed by atoms with Gasteiger partial charge < -0.3 is 9.64 Å². The first-order chi connectivity index (χ1) is 8.27. The zero-order valence-corrected chi connectivity index (χ0v) is 11.1. The van der Waals surface area contributed by atoms with Crippen LogP contribution < -0.4 is 0 Å². The van der Waals surface area contributed by atoms with Crippen molar-refractivity contribution in [2.45, 2.75) is 19.8 Å². The summed E-state index contributed by atoms with van der Waals surface area (Å²) in [5.41, 5.74) is 2.69. The maximum atomic E-state index is 5.06. The second kappa shape index (κ2) is 7.91. The summed E-state index contributed by atoms with van der Waals surface area (Å²) in [6, 6.07) is 10.6. The molecular weight excluding hydrogens is 210 g/mol. The van der Waals surface area contributed by atoms with Crippen molar-refractivity contribution in [3.8, 4) is 0 Å². The Balaban J connectivity index is 2.60. The predicted octanol–water partition coefficient (Wildman–Crippen LogP) is 3.41. The Labute approximate surface area is 105 Å². The van der Waals surface area contributed by atoms with Crippen LogP contribution in [0, 0.1) is 0 Å². The van der Waals surface area contributed by atoms with Gasteiger partial charge in [-0.2, -0.15) is 0 Å². The van der Waals surface area contributed by atoms with Gasteiger partial charge in [0.05, 0.1) is 0 Å². The fraction of sp³-hybridized carbons (Fsp3) is 0.467. The molecule has 1 rings (SSSR count). The lowest BCUT2D eigenvalue weighted by Crippen LogP contribution is -2.14. The molecule has 0 aromatic heterocycles. The van der Waals surface area contributed by atoms with Gasteiger partial charge in [-0.25, -0.2) is 0 Å². The molecule has 0 unspecified atom stereocenters. The molecule has 0 aliphatic heterocycles. The third-order valence-electron chi connectivity index (χ3n) is 2.76. The molecule has 2 heteroatoms. The van der Waals surface area contributed by atoms with Crippen molar-refractivity contribution >= 4 is 5.57 Å². The number of hydrogen-bond donors (Lipinski definition) is 0. The standard InChI is InChI=1S/C15H23NO/c1-4-14(15-9-6-5-7-10-15)13-16(2)11-8-12-17-3/h5-7,9-10,13H,4,8,11-12H2,1-3H3/b14-13-. The summed E-state index contributed by atoms with van der Waals surface area (Å²) >= 11 is 0. The number of nitrogens with zero attached hydrogens (tertiary/aromatic N) is 1. The summed E-state index contributed by atoms with van der Waals surface area (Å²) in [6.07, 6.45) is 4.36. The average molecular weight is 233 g/mol. The van der Waals surface area contributed by atoms with E-state index in [0.29, 0.717) is 0 Å². The van der Waals surface area contributed by atoms with E-state index in [1.165, 1.54) is 11.1 Å². The lowest BCUT2D eigenvalue weighted by molar-refractivity contribution is 0.187. The highest BCUT2D eigenvalue weighted by atomic mass is 16.5. The Kier molecular flexibility index (Phi) is 6.41. The molecule has 0 radical (unpaired) electrons. The normalized spacial score (nSPS) is 11.6. The molecule has 2 nitrogen and oxygen atoms in total. The van der Waals surface area contributed by atoms with Crippen LogP contribution in [0.15, 0.2) is 36.5 Å². The van der Waals surface area contributed by atoms with Gasteiger partial charge >= 0.3 is 0 Å². The second-order valence-electron chi connectivity index (χ2n) is 4.20. The van der Waals surface area contributed by atoms with Gasteiger partial charge in [0.15, 0.2) is 0 Å². The number of hydrogen-bond acceptors (Lipinski definition) is 2. The van der Waals surface area contributed by atoms with Crippen LogP contribution >= 0.6 is 0 Å². The molecule has 0 saturated carbocycles. The van der Waals surface area contributed by atoms with E-state index in [4.69, 9.17) is 4.74 Å². The van der Waals surface area contributed by atoms with Crippen LogP contribution in [-0.2, 0) is 4.74 Å². The van der Waals surface area contributed by atoms with Crippen molar-refractivity contribution in [2.24, 2.45) is 0 Å². The number of allylic oxidation sites excluding steroid dienone is 1. The largest absolute Gasteiger partial charge is 0.385 e. The molecule has 1 aromatic carbocycles. The van der Waals surface area contributed by atoms with Crippen LogP contribution in [0.1, 0.15) is 25.3 Å². The van der Waals surface area contributed by atoms with E-state index in [2.05, 4.69) is 55.4 Å². The van der Waals surface area contributed by atoms with Gasteiger partial charge in [0.2, 0.25) is 0 Å². The van der Waals surface area contributed by atoms with E-state index < -0.39 is 0 Å². The molecule has 0 aliphatic carbocycles. The van der Waals surface area contributed by atoms with Crippen molar-refractivity contribution in [3.05, 3.63) is 42.1 Å². The van der Waals surface area contributed by atoms with Crippen molar-refractivity contribution in [3.63, 3.8) is 0 Å². The van der Waals surface area contributed by atoms with Gasteiger partial charge in [-0.15, -0.1) is 0 Å². The minimum Gasteiger partial charge on any atom is -0.385 e. The van der Waals surface area contributed by atoms with Gasteiger partial charge in [0.25, 0.3) is 0 Å². The fourth-order valence-electron chi connectivity index (χ4n) is 1.81. The van der Waals surface area contributed by atoms with E-state index in [1.54, 1.807) is 7.11 Å². The number of ether oxygens (including phenoxy) is 1. The Morgan fingerprint density at radius 2 is 2.00 bits per heavy atom. The molecule has 0 aliphatic rings. The van der Waals surface area contributed by atoms with E-state index in [9.17, 15) is 0 Å². The molecule has 0 amide bonds. The first-order valence-electron chi connectivity index (χ1n) is 6.23. The summed E-state index contributed by atoms with van der Waals surface area (Å²) in [7, 11) is 3.87. The number of rotatable bonds is 7. The van der Waals surface area contributed by atoms with Crippen molar-refractivity contribution in [1.29, 1.82) is 0 Å². The van der Waals surface area contributed by atoms with Crippen LogP contribution in [0.2, 0.25) is 0 Å². The molecule has 0 heterocycles. The Bertz CT molecular complexity index is 332. The first-order valence-corrected chi connectivity index (χ1v) is 6.23. The van der Waals surface area contributed by atoms with Gasteiger partial charge in [0.1, 0.15) is 0 Å². The maximum absolute atomic E-state index is 5.06. The smallest absolute Gasteiger partial charge is 0.0479 e. The summed E-state index contributed by atoms with van der Waals surface area (Å²) in [5.74, 6) is 0. The van der Waals surface area contributed by atoms with E-state index in [0.717, 1.165) is 26.0 Å². The quantitative estimate of drug-likeness (QED) is 0.669. The molecule has 0 fully saturated rings. The summed E-state index contributed by atoms with van der Waals surface area (Å²) in [5, 5.41) is 0. The molecule has 0 atom stereocenters. The topological polar surface area (TPSA) is 12.5 Å². The lowest BCUT2D eigenvalue weighted by Gasteiger charge is -2.16. The highest BCUT2D eigenvalue weighted by molar-refractivity contribution is 5.64. The zero-order valence-electron chi connectivity index (χ0n) is 11.1. The fourth-order valence-corrected chi connectivity index (χ4v) is 1.81. The molecule has 94 valence electrons. The Hall–Kier alpha value is -1.28. The SMILES string of the molecule is CC/C(=C/N(C)CCCOC)c1ccccc1. The molecular formula is C15H23NO. The third kappa shape index (κ3) is 5.05. The summed E-state index contributed by atoms with van der Waals surface area (Å²) < 4.78 is 5.06. The third-order valence-corrected chi connectivity index (χ3v) is 2.76. The number of benzene rings is 1. The van der Waals surface area contributed by atoms with Crippen molar-refractivity contribution in [2.75, 3.05) is 27.3 Å². The zero-order chi connectivity index (χ0) is 12.5. The highest BCUT2D eigenvalue weighted by Crippen LogP contribution is 2.17. The minimum atomic E-state index is 0.824. The molecule has 0 bridgehead atoms. The van der Waals surface area contributed by atoms with Crippen molar-refractivity contribution < 1.29 is 4.74 Å². The van der Waals surface area contributed by atoms with E-state index in [-0.39, 0.29) is 0 Å². The van der Waals surface area contributed by atoms with Gasteiger partial charge in [-0.05, 0) is 24.0 Å². The highest BCUT2D eigenvalue weighted by Gasteiger charge is 2.00. The van der Waals surface area contributed by atoms with Crippen LogP contribution in [0.25, 0.3) is 5.57 Å². The second-order valence-corrected chi connectivity index (χ2v) is 4.20. The molecule has 0 N–H and O–H groups in total. The lowest BCUT2D eigenvalue weighted by atomic mass is 10.0. The maximum Gasteiger partial charge on any atom is 0.0479 e. The van der Waals surface area contributed by atoms with Gasteiger partial charge in [-0.3, -0.25) is 0 Å². The Morgan fingerprint density at radius 1 is 1.29 bits per heavy atom. The summed E-state index contributed by atoms with van der Waals surface area (Å²) in [6.45, 7) is 4.05. The van der Waals surface area contributed by atoms with Crippen LogP contribution in [0.5, 0.6) is 0 Å². The number of methoxy groups -OCH3 is 1. The van der Waals surface area contributed by atoms with Crippen LogP contribution in [0.4, 0.5) is 0 Å². The average Bonchev–Trinajstić information content (AvgIpc) is 2.37. The van der Waals surface area contributed by atoms with Gasteiger partial charge in [-0.1, -0.05) is 37.3 Å². The Morgan fingerprint density at radius 3 is 2.59 bits per heavy atom. The van der Waals surface area contributed by atoms with Crippen LogP contribution in [-0.4, -0.2) is 32.2 Å². The van der Waals surface area contributed by atoms with Crippen molar-refractivity contribution in [1.82, 2.24) is 4.90 Å². The van der Waals surface area contributed by atoms with E-state index in [1.807, 2.05) is 0 Å². The van der Waals surface area contributed by atoms with E-state index >= 15 is 0 Å². The molecule has 0 saturated heterocycles. The van der Waals surface area contributed by atoms with Crippen LogP contribution in [0.3, 0.4) is 0 Å².